The van der Waals surface area contributed by atoms with Gasteiger partial charge in [-0.05, 0) is 38.7 Å². The Morgan fingerprint density at radius 3 is 2.64 bits per heavy atom. The van der Waals surface area contributed by atoms with E-state index in [-0.39, 0.29) is 29.6 Å². The Morgan fingerprint density at radius 2 is 2.00 bits per heavy atom. The molecule has 0 bridgehead atoms. The van der Waals surface area contributed by atoms with E-state index in [1.807, 2.05) is 19.0 Å². The number of carbonyl (C=O) groups excluding carboxylic acids is 1. The Bertz CT molecular complexity index is 891. The summed E-state index contributed by atoms with van der Waals surface area (Å²) in [5.74, 6) is -1.06. The molecule has 0 aliphatic heterocycles. The lowest BCUT2D eigenvalue weighted by molar-refractivity contribution is -0.121. The molecule has 3 N–H and O–H groups in total. The van der Waals surface area contributed by atoms with Crippen LogP contribution < -0.4 is 15.5 Å². The topological polar surface area (TPSA) is 112 Å². The molecule has 0 saturated carbocycles. The van der Waals surface area contributed by atoms with E-state index in [1.165, 1.54) is 19.2 Å². The van der Waals surface area contributed by atoms with Gasteiger partial charge < -0.3 is 29.6 Å². The van der Waals surface area contributed by atoms with Crippen molar-refractivity contribution in [3.8, 4) is 17.2 Å². The van der Waals surface area contributed by atoms with E-state index >= 15 is 0 Å². The first kappa shape index (κ1) is 21.3. The number of nitrogens with one attached hydrogen (secondary N) is 1. The minimum Gasteiger partial charge on any atom is -0.504 e. The van der Waals surface area contributed by atoms with Crippen molar-refractivity contribution >= 4 is 5.91 Å². The number of methoxy groups -OCH3 is 1. The minimum absolute atomic E-state index is 0.000465. The Morgan fingerprint density at radius 1 is 1.29 bits per heavy atom. The van der Waals surface area contributed by atoms with Crippen molar-refractivity contribution in [3.63, 3.8) is 0 Å². The monoisotopic (exact) mass is 390 g/mol. The first-order valence-electron chi connectivity index (χ1n) is 8.84. The molecule has 8 nitrogen and oxygen atoms in total. The third-order valence-corrected chi connectivity index (χ3v) is 4.27. The number of phenols is 1. The van der Waals surface area contributed by atoms with E-state index in [4.69, 9.17) is 9.15 Å². The van der Waals surface area contributed by atoms with Gasteiger partial charge in [-0.1, -0.05) is 6.07 Å². The summed E-state index contributed by atoms with van der Waals surface area (Å²) in [7, 11) is 5.21. The molecule has 2 aromatic rings. The van der Waals surface area contributed by atoms with Gasteiger partial charge in [0.05, 0.1) is 13.0 Å². The maximum Gasteiger partial charge on any atom is 0.227 e. The van der Waals surface area contributed by atoms with Crippen LogP contribution >= 0.6 is 0 Å². The number of benzene rings is 1. The second-order valence-electron chi connectivity index (χ2n) is 6.78. The zero-order valence-corrected chi connectivity index (χ0v) is 16.5. The number of aromatic hydroxyl groups is 2. The van der Waals surface area contributed by atoms with Gasteiger partial charge in [0.1, 0.15) is 5.76 Å². The maximum atomic E-state index is 12.5. The zero-order chi connectivity index (χ0) is 20.8. The Hall–Kier alpha value is -3.00. The molecule has 1 amide bonds. The Balaban J connectivity index is 2.42. The second-order valence-corrected chi connectivity index (χ2v) is 6.78. The van der Waals surface area contributed by atoms with Gasteiger partial charge in [-0.15, -0.1) is 0 Å². The largest absolute Gasteiger partial charge is 0.504 e. The summed E-state index contributed by atoms with van der Waals surface area (Å²) in [6.07, 6.45) is -0.0543. The van der Waals surface area contributed by atoms with Crippen molar-refractivity contribution in [1.82, 2.24) is 10.2 Å². The minimum atomic E-state index is -0.735. The zero-order valence-electron chi connectivity index (χ0n) is 16.5. The molecule has 1 atom stereocenters. The van der Waals surface area contributed by atoms with Crippen molar-refractivity contribution in [3.05, 3.63) is 51.6 Å². The fraction of sp³-hybridized carbons (Fsp3) is 0.400. The van der Waals surface area contributed by atoms with E-state index in [0.717, 1.165) is 0 Å². The van der Waals surface area contributed by atoms with Gasteiger partial charge in [-0.2, -0.15) is 0 Å². The lowest BCUT2D eigenvalue weighted by Crippen LogP contribution is -2.32. The summed E-state index contributed by atoms with van der Waals surface area (Å²) in [6, 6.07) is 5.76. The molecule has 0 aliphatic rings. The van der Waals surface area contributed by atoms with Gasteiger partial charge in [-0.3, -0.25) is 9.59 Å². The van der Waals surface area contributed by atoms with Crippen LogP contribution in [0.5, 0.6) is 17.2 Å². The molecule has 0 unspecified atom stereocenters. The molecule has 0 saturated heterocycles. The van der Waals surface area contributed by atoms with E-state index < -0.39 is 17.1 Å². The van der Waals surface area contributed by atoms with E-state index in [0.29, 0.717) is 24.4 Å². The number of hydrogen-bond acceptors (Lipinski definition) is 7. The summed E-state index contributed by atoms with van der Waals surface area (Å²) >= 11 is 0. The van der Waals surface area contributed by atoms with E-state index in [9.17, 15) is 19.8 Å². The van der Waals surface area contributed by atoms with Crippen LogP contribution in [0.1, 0.15) is 29.4 Å². The second kappa shape index (κ2) is 9.27. The highest BCUT2D eigenvalue weighted by atomic mass is 16.5. The van der Waals surface area contributed by atoms with Gasteiger partial charge in [0.25, 0.3) is 0 Å². The third-order valence-electron chi connectivity index (χ3n) is 4.27. The van der Waals surface area contributed by atoms with Crippen LogP contribution in [0.2, 0.25) is 0 Å². The first-order valence-corrected chi connectivity index (χ1v) is 8.84. The van der Waals surface area contributed by atoms with Gasteiger partial charge in [-0.25, -0.2) is 0 Å². The summed E-state index contributed by atoms with van der Waals surface area (Å²) in [6.45, 7) is 2.73. The summed E-state index contributed by atoms with van der Waals surface area (Å²) < 4.78 is 10.7. The number of carbonyl (C=O) groups is 1. The van der Waals surface area contributed by atoms with E-state index in [1.54, 1.807) is 19.1 Å². The predicted molar refractivity (Wildman–Crippen MR) is 104 cm³/mol. The molecule has 0 radical (unpaired) electrons. The van der Waals surface area contributed by atoms with Gasteiger partial charge in [0, 0.05) is 25.6 Å². The van der Waals surface area contributed by atoms with Gasteiger partial charge in [0.15, 0.2) is 17.3 Å². The summed E-state index contributed by atoms with van der Waals surface area (Å²) in [5.41, 5.74) is -0.0241. The molecule has 28 heavy (non-hydrogen) atoms. The van der Waals surface area contributed by atoms with Crippen molar-refractivity contribution < 1.29 is 24.2 Å². The van der Waals surface area contributed by atoms with Crippen LogP contribution in [0, 0.1) is 6.92 Å². The molecule has 8 heteroatoms. The Labute approximate surface area is 163 Å². The lowest BCUT2D eigenvalue weighted by Gasteiger charge is -2.19. The summed E-state index contributed by atoms with van der Waals surface area (Å²) in [5, 5.41) is 22.9. The fourth-order valence-electron chi connectivity index (χ4n) is 2.81. The molecular formula is C20H26N2O6. The third kappa shape index (κ3) is 5.26. The van der Waals surface area contributed by atoms with Gasteiger partial charge >= 0.3 is 0 Å². The van der Waals surface area contributed by atoms with Crippen molar-refractivity contribution in [2.45, 2.75) is 19.3 Å². The predicted octanol–water partition coefficient (Wildman–Crippen LogP) is 1.57. The number of amides is 1. The average molecular weight is 390 g/mol. The molecular weight excluding hydrogens is 364 g/mol. The molecule has 1 heterocycles. The van der Waals surface area contributed by atoms with Crippen molar-refractivity contribution in [2.24, 2.45) is 0 Å². The number of ether oxygens (including phenoxy) is 1. The molecule has 0 fully saturated rings. The molecule has 1 aromatic carbocycles. The number of likely N-dealkylation sites (N-methyl/N-ethyl adjacent to an activating group) is 1. The van der Waals surface area contributed by atoms with Crippen LogP contribution in [-0.4, -0.2) is 55.3 Å². The SMILES string of the molecule is COc1cc([C@@H](CC(=O)NCCN(C)C)c2oc(C)cc(=O)c2O)ccc1O. The first-order chi connectivity index (χ1) is 13.2. The number of hydrogen-bond donors (Lipinski definition) is 3. The lowest BCUT2D eigenvalue weighted by atomic mass is 9.91. The standard InChI is InChI=1S/C20H26N2O6/c1-12-9-16(24)19(26)20(28-12)14(11-18(25)21-7-8-22(2)3)13-5-6-15(23)17(10-13)27-4/h5-6,9-10,14,23,26H,7-8,11H2,1-4H3,(H,21,25)/t14-/m1/s1. The molecule has 0 spiro atoms. The number of nitrogens with zero attached hydrogens (tertiary/aromatic N) is 1. The highest BCUT2D eigenvalue weighted by Crippen LogP contribution is 2.37. The maximum absolute atomic E-state index is 12.5. The highest BCUT2D eigenvalue weighted by molar-refractivity contribution is 5.77. The van der Waals surface area contributed by atoms with Crippen LogP contribution in [0.25, 0.3) is 0 Å². The number of aryl methyl sites for hydroxylation is 1. The molecule has 2 rings (SSSR count). The molecule has 1 aromatic heterocycles. The van der Waals surface area contributed by atoms with Crippen LogP contribution in [0.3, 0.4) is 0 Å². The van der Waals surface area contributed by atoms with Crippen LogP contribution in [0.15, 0.2) is 33.5 Å². The fourth-order valence-corrected chi connectivity index (χ4v) is 2.81. The van der Waals surface area contributed by atoms with Crippen LogP contribution in [-0.2, 0) is 4.79 Å². The quantitative estimate of drug-likeness (QED) is 0.627. The van der Waals surface area contributed by atoms with E-state index in [2.05, 4.69) is 5.32 Å². The number of phenolic OH excluding ortho intramolecular Hbond substituents is 1. The average Bonchev–Trinajstić information content (AvgIpc) is 2.63. The normalized spacial score (nSPS) is 12.0. The van der Waals surface area contributed by atoms with Crippen LogP contribution in [0.4, 0.5) is 0 Å². The van der Waals surface area contributed by atoms with Crippen molar-refractivity contribution in [2.75, 3.05) is 34.3 Å². The Kier molecular flexibility index (Phi) is 7.06. The van der Waals surface area contributed by atoms with Gasteiger partial charge in [0.2, 0.25) is 17.1 Å². The summed E-state index contributed by atoms with van der Waals surface area (Å²) in [4.78, 5) is 26.4. The number of rotatable bonds is 8. The van der Waals surface area contributed by atoms with Crippen molar-refractivity contribution in [1.29, 1.82) is 0 Å². The molecule has 0 aliphatic carbocycles. The molecule has 152 valence electrons. The smallest absolute Gasteiger partial charge is 0.227 e. The highest BCUT2D eigenvalue weighted by Gasteiger charge is 2.26.